The van der Waals surface area contributed by atoms with Crippen LogP contribution in [0, 0.1) is 0 Å². The fourth-order valence-corrected chi connectivity index (χ4v) is 10.6. The van der Waals surface area contributed by atoms with E-state index in [9.17, 15) is 0 Å². The van der Waals surface area contributed by atoms with E-state index >= 15 is 0 Å². The Morgan fingerprint density at radius 2 is 0.554 bits per heavy atom. The number of benzene rings is 12. The lowest BCUT2D eigenvalue weighted by molar-refractivity contribution is 0.669. The van der Waals surface area contributed by atoms with E-state index in [1.165, 1.54) is 104 Å². The SMILES string of the molecule is c1ccc(-c2cccc(-c3c4ccccc4c(-c4ccc5oc6cccc(-c7c8ccccc8c(-c8cccc(-c9ccccc9)c8)c8ccccc78)c6c5c4)c4ccccc34)c2)cc1. The van der Waals surface area contributed by atoms with Gasteiger partial charge in [-0.25, -0.2) is 0 Å². The molecule has 0 aliphatic heterocycles. The van der Waals surface area contributed by atoms with Gasteiger partial charge in [0.2, 0.25) is 0 Å². The first kappa shape index (κ1) is 37.1. The molecule has 0 saturated heterocycles. The molecular weight excluding hydrogens is 785 g/mol. The Morgan fingerprint density at radius 1 is 0.200 bits per heavy atom. The van der Waals surface area contributed by atoms with Crippen molar-refractivity contribution in [1.29, 1.82) is 0 Å². The molecule has 13 aromatic rings. The van der Waals surface area contributed by atoms with Gasteiger partial charge in [0.25, 0.3) is 0 Å². The Morgan fingerprint density at radius 3 is 1.00 bits per heavy atom. The van der Waals surface area contributed by atoms with Crippen LogP contribution in [0.3, 0.4) is 0 Å². The van der Waals surface area contributed by atoms with Crippen molar-refractivity contribution in [3.05, 3.63) is 243 Å². The summed E-state index contributed by atoms with van der Waals surface area (Å²) in [5, 5.41) is 12.0. The molecule has 1 aromatic heterocycles. The third kappa shape index (κ3) is 6.01. The Labute approximate surface area is 377 Å². The van der Waals surface area contributed by atoms with Gasteiger partial charge in [0.1, 0.15) is 11.2 Å². The van der Waals surface area contributed by atoms with Gasteiger partial charge in [-0.15, -0.1) is 0 Å². The third-order valence-corrected chi connectivity index (χ3v) is 13.4. The van der Waals surface area contributed by atoms with Crippen molar-refractivity contribution < 1.29 is 4.42 Å². The Hall–Kier alpha value is -8.52. The molecule has 65 heavy (non-hydrogen) atoms. The first-order valence-corrected chi connectivity index (χ1v) is 22.4. The molecule has 13 rings (SSSR count). The highest BCUT2D eigenvalue weighted by Gasteiger charge is 2.22. The minimum atomic E-state index is 0.877. The standard InChI is InChI=1S/C64H40O/c1-3-18-41(19-4-1)43-22-15-24-45(38-43)60-48-26-7-9-28-50(48)62(51-29-10-8-27-49(51)60)47-36-37-58-57(40-47)64-56(34-17-35-59(64)65-58)63-54-32-13-11-30-52(54)61(53-31-12-14-33-55(53)63)46-25-16-23-44(39-46)42-20-5-2-6-21-42/h1-40H. The zero-order chi connectivity index (χ0) is 42.8. The molecule has 1 heterocycles. The fourth-order valence-electron chi connectivity index (χ4n) is 10.6. The molecule has 12 aromatic carbocycles. The third-order valence-electron chi connectivity index (χ3n) is 13.4. The predicted octanol–water partition coefficient (Wildman–Crippen LogP) is 18.2. The average molecular weight is 825 g/mol. The van der Waals surface area contributed by atoms with Crippen molar-refractivity contribution in [3.8, 4) is 66.8 Å². The molecule has 1 heteroatoms. The van der Waals surface area contributed by atoms with Crippen molar-refractivity contribution in [2.24, 2.45) is 0 Å². The molecule has 0 unspecified atom stereocenters. The summed E-state index contributed by atoms with van der Waals surface area (Å²) in [4.78, 5) is 0. The smallest absolute Gasteiger partial charge is 0.136 e. The van der Waals surface area contributed by atoms with Gasteiger partial charge in [0, 0.05) is 10.8 Å². The molecule has 0 bridgehead atoms. The second-order valence-electron chi connectivity index (χ2n) is 17.1. The molecule has 0 fully saturated rings. The molecule has 0 radical (unpaired) electrons. The van der Waals surface area contributed by atoms with Gasteiger partial charge in [-0.2, -0.15) is 0 Å². The number of fused-ring (bicyclic) bond motifs is 7. The summed E-state index contributed by atoms with van der Waals surface area (Å²) in [5.74, 6) is 0. The minimum Gasteiger partial charge on any atom is -0.456 e. The van der Waals surface area contributed by atoms with Crippen molar-refractivity contribution in [1.82, 2.24) is 0 Å². The number of rotatable bonds is 6. The van der Waals surface area contributed by atoms with E-state index in [1.54, 1.807) is 0 Å². The largest absolute Gasteiger partial charge is 0.456 e. The topological polar surface area (TPSA) is 13.1 Å². The first-order valence-electron chi connectivity index (χ1n) is 22.4. The van der Waals surface area contributed by atoms with E-state index in [1.807, 2.05) is 0 Å². The van der Waals surface area contributed by atoms with Gasteiger partial charge in [-0.1, -0.05) is 212 Å². The molecule has 0 spiro atoms. The second-order valence-corrected chi connectivity index (χ2v) is 17.1. The van der Waals surface area contributed by atoms with E-state index in [0.717, 1.165) is 27.5 Å². The summed E-state index contributed by atoms with van der Waals surface area (Å²) in [6.07, 6.45) is 0. The minimum absolute atomic E-state index is 0.877. The zero-order valence-electron chi connectivity index (χ0n) is 35.5. The molecule has 1 nitrogen and oxygen atoms in total. The maximum atomic E-state index is 6.78. The van der Waals surface area contributed by atoms with Gasteiger partial charge in [-0.05, 0) is 140 Å². The lowest BCUT2D eigenvalue weighted by Gasteiger charge is -2.19. The predicted molar refractivity (Wildman–Crippen MR) is 276 cm³/mol. The number of furan rings is 1. The van der Waals surface area contributed by atoms with Crippen molar-refractivity contribution >= 4 is 65.0 Å². The van der Waals surface area contributed by atoms with E-state index < -0.39 is 0 Å². The van der Waals surface area contributed by atoms with Gasteiger partial charge in [0.05, 0.1) is 0 Å². The highest BCUT2D eigenvalue weighted by molar-refractivity contribution is 6.27. The van der Waals surface area contributed by atoms with Crippen molar-refractivity contribution in [2.45, 2.75) is 0 Å². The van der Waals surface area contributed by atoms with E-state index in [4.69, 9.17) is 4.42 Å². The molecule has 0 amide bonds. The molecule has 302 valence electrons. The molecular formula is C64H40O. The maximum Gasteiger partial charge on any atom is 0.136 e. The summed E-state index contributed by atoms with van der Waals surface area (Å²) >= 11 is 0. The summed E-state index contributed by atoms with van der Waals surface area (Å²) in [5.41, 5.74) is 16.3. The normalized spacial score (nSPS) is 11.7. The molecule has 0 saturated carbocycles. The van der Waals surface area contributed by atoms with Crippen LogP contribution >= 0.6 is 0 Å². The van der Waals surface area contributed by atoms with Crippen LogP contribution in [-0.4, -0.2) is 0 Å². The molecule has 0 aliphatic carbocycles. The zero-order valence-corrected chi connectivity index (χ0v) is 35.5. The van der Waals surface area contributed by atoms with Gasteiger partial charge < -0.3 is 4.42 Å². The lowest BCUT2D eigenvalue weighted by atomic mass is 9.84. The fraction of sp³-hybridized carbons (Fsp3) is 0. The van der Waals surface area contributed by atoms with E-state index in [2.05, 4.69) is 243 Å². The number of hydrogen-bond acceptors (Lipinski definition) is 1. The van der Waals surface area contributed by atoms with Crippen LogP contribution in [0.15, 0.2) is 247 Å². The van der Waals surface area contributed by atoms with Gasteiger partial charge in [0.15, 0.2) is 0 Å². The quantitative estimate of drug-likeness (QED) is 0.152. The van der Waals surface area contributed by atoms with E-state index in [0.29, 0.717) is 0 Å². The first-order chi connectivity index (χ1) is 32.3. The van der Waals surface area contributed by atoms with Crippen LogP contribution in [0.2, 0.25) is 0 Å². The lowest BCUT2D eigenvalue weighted by Crippen LogP contribution is -1.92. The van der Waals surface area contributed by atoms with Gasteiger partial charge in [-0.3, -0.25) is 0 Å². The van der Waals surface area contributed by atoms with Crippen LogP contribution in [0.25, 0.3) is 132 Å². The summed E-state index contributed by atoms with van der Waals surface area (Å²) in [6, 6.07) is 88.4. The average Bonchev–Trinajstić information content (AvgIpc) is 3.76. The number of hydrogen-bond donors (Lipinski definition) is 0. The molecule has 0 aliphatic rings. The van der Waals surface area contributed by atoms with Crippen LogP contribution in [0.1, 0.15) is 0 Å². The van der Waals surface area contributed by atoms with Gasteiger partial charge >= 0.3 is 0 Å². The summed E-state index contributed by atoms with van der Waals surface area (Å²) in [6.45, 7) is 0. The second kappa shape index (κ2) is 15.1. The van der Waals surface area contributed by atoms with Crippen molar-refractivity contribution in [2.75, 3.05) is 0 Å². The van der Waals surface area contributed by atoms with Crippen LogP contribution < -0.4 is 0 Å². The summed E-state index contributed by atoms with van der Waals surface area (Å²) in [7, 11) is 0. The molecule has 0 N–H and O–H groups in total. The Balaban J connectivity index is 1.04. The maximum absolute atomic E-state index is 6.78. The van der Waals surface area contributed by atoms with Crippen LogP contribution in [0.5, 0.6) is 0 Å². The van der Waals surface area contributed by atoms with Crippen LogP contribution in [0.4, 0.5) is 0 Å². The van der Waals surface area contributed by atoms with E-state index in [-0.39, 0.29) is 0 Å². The highest BCUT2D eigenvalue weighted by atomic mass is 16.3. The molecule has 0 atom stereocenters. The Kier molecular flexibility index (Phi) is 8.60. The monoisotopic (exact) mass is 824 g/mol. The van der Waals surface area contributed by atoms with Crippen LogP contribution in [-0.2, 0) is 0 Å². The Bertz CT molecular complexity index is 3870. The highest BCUT2D eigenvalue weighted by Crippen LogP contribution is 2.49. The summed E-state index contributed by atoms with van der Waals surface area (Å²) < 4.78 is 6.78. The van der Waals surface area contributed by atoms with Crippen molar-refractivity contribution in [3.63, 3.8) is 0 Å².